The van der Waals surface area contributed by atoms with Gasteiger partial charge in [0.1, 0.15) is 0 Å². The third kappa shape index (κ3) is 2.67. The minimum atomic E-state index is -0.289. The van der Waals surface area contributed by atoms with E-state index in [1.807, 2.05) is 4.90 Å². The fraction of sp³-hybridized carbons (Fsp3) is 0.545. The molecule has 0 amide bonds. The van der Waals surface area contributed by atoms with Gasteiger partial charge in [0, 0.05) is 6.54 Å². The Hall–Kier alpha value is -1.13. The van der Waals surface area contributed by atoms with Gasteiger partial charge in [-0.2, -0.15) is 0 Å². The highest BCUT2D eigenvalue weighted by molar-refractivity contribution is 5.94. The molecule has 2 heterocycles. The van der Waals surface area contributed by atoms with Gasteiger partial charge in [0.15, 0.2) is 5.76 Å². The number of piperidine rings is 1. The van der Waals surface area contributed by atoms with Gasteiger partial charge in [0.2, 0.25) is 5.78 Å². The molecule has 15 heavy (non-hydrogen) atoms. The van der Waals surface area contributed by atoms with Crippen molar-refractivity contribution in [2.45, 2.75) is 18.9 Å². The molecular formula is C11H15NO3. The molecule has 1 N–H and O–H groups in total. The number of ketones is 1. The maximum absolute atomic E-state index is 11.7. The van der Waals surface area contributed by atoms with E-state index < -0.39 is 0 Å². The lowest BCUT2D eigenvalue weighted by Gasteiger charge is -2.28. The van der Waals surface area contributed by atoms with Gasteiger partial charge in [-0.05, 0) is 31.5 Å². The van der Waals surface area contributed by atoms with Crippen LogP contribution in [0.25, 0.3) is 0 Å². The second-order valence-electron chi connectivity index (χ2n) is 3.93. The first-order chi connectivity index (χ1) is 7.25. The summed E-state index contributed by atoms with van der Waals surface area (Å²) in [6.45, 7) is 1.81. The molecule has 0 spiro atoms. The van der Waals surface area contributed by atoms with Crippen LogP contribution in [0.2, 0.25) is 0 Å². The van der Waals surface area contributed by atoms with E-state index >= 15 is 0 Å². The third-order valence-electron chi connectivity index (χ3n) is 2.64. The fourth-order valence-corrected chi connectivity index (χ4v) is 1.89. The minimum absolute atomic E-state index is 0.0194. The second-order valence-corrected chi connectivity index (χ2v) is 3.93. The zero-order valence-corrected chi connectivity index (χ0v) is 8.56. The summed E-state index contributed by atoms with van der Waals surface area (Å²) in [7, 11) is 0. The number of carbonyl (C=O) groups excluding carboxylic acids is 1. The van der Waals surface area contributed by atoms with Crippen LogP contribution in [0, 0.1) is 0 Å². The van der Waals surface area contributed by atoms with Crippen molar-refractivity contribution in [3.8, 4) is 0 Å². The van der Waals surface area contributed by atoms with Gasteiger partial charge in [-0.25, -0.2) is 0 Å². The number of likely N-dealkylation sites (tertiary alicyclic amines) is 1. The number of rotatable bonds is 3. The first-order valence-corrected chi connectivity index (χ1v) is 5.23. The smallest absolute Gasteiger partial charge is 0.211 e. The SMILES string of the molecule is O=C(CN1CCC[C@@H](O)C1)c1ccco1. The van der Waals surface area contributed by atoms with Crippen molar-refractivity contribution in [3.05, 3.63) is 24.2 Å². The van der Waals surface area contributed by atoms with Gasteiger partial charge in [0.25, 0.3) is 0 Å². The molecule has 1 aliphatic rings. The van der Waals surface area contributed by atoms with Crippen molar-refractivity contribution in [3.63, 3.8) is 0 Å². The van der Waals surface area contributed by atoms with Crippen LogP contribution >= 0.6 is 0 Å². The van der Waals surface area contributed by atoms with E-state index in [4.69, 9.17) is 4.42 Å². The normalized spacial score (nSPS) is 22.9. The monoisotopic (exact) mass is 209 g/mol. The van der Waals surface area contributed by atoms with Crippen LogP contribution in [0.15, 0.2) is 22.8 Å². The van der Waals surface area contributed by atoms with Crippen LogP contribution in [-0.4, -0.2) is 41.5 Å². The quantitative estimate of drug-likeness (QED) is 0.752. The maximum atomic E-state index is 11.7. The summed E-state index contributed by atoms with van der Waals surface area (Å²) >= 11 is 0. The average Bonchev–Trinajstić information content (AvgIpc) is 2.70. The summed E-state index contributed by atoms with van der Waals surface area (Å²) in [5, 5.41) is 9.45. The Bertz CT molecular complexity index is 321. The molecule has 0 radical (unpaired) electrons. The van der Waals surface area contributed by atoms with Crippen molar-refractivity contribution < 1.29 is 14.3 Å². The molecular weight excluding hydrogens is 194 g/mol. The van der Waals surface area contributed by atoms with Gasteiger partial charge in [0.05, 0.1) is 18.9 Å². The number of Topliss-reactive ketones (excluding diaryl/α,β-unsaturated/α-hetero) is 1. The van der Waals surface area contributed by atoms with Crippen molar-refractivity contribution in [1.82, 2.24) is 4.90 Å². The van der Waals surface area contributed by atoms with Gasteiger partial charge in [-0.15, -0.1) is 0 Å². The summed E-state index contributed by atoms with van der Waals surface area (Å²) in [6.07, 6.45) is 3.00. The maximum Gasteiger partial charge on any atom is 0.211 e. The van der Waals surface area contributed by atoms with Crippen molar-refractivity contribution in [1.29, 1.82) is 0 Å². The largest absolute Gasteiger partial charge is 0.461 e. The first kappa shape index (κ1) is 10.4. The summed E-state index contributed by atoms with van der Waals surface area (Å²) in [5.41, 5.74) is 0. The molecule has 0 saturated carbocycles. The van der Waals surface area contributed by atoms with Gasteiger partial charge < -0.3 is 9.52 Å². The summed E-state index contributed by atoms with van der Waals surface area (Å²) in [6, 6.07) is 3.38. The number of β-amino-alcohol motifs (C(OH)–C–C–N with tert-alkyl or cyclic N) is 1. The number of furan rings is 1. The molecule has 1 aromatic heterocycles. The molecule has 2 rings (SSSR count). The van der Waals surface area contributed by atoms with Crippen molar-refractivity contribution in [2.75, 3.05) is 19.6 Å². The van der Waals surface area contributed by atoms with Crippen LogP contribution in [0.4, 0.5) is 0 Å². The number of aliphatic hydroxyl groups is 1. The molecule has 1 saturated heterocycles. The fourth-order valence-electron chi connectivity index (χ4n) is 1.89. The van der Waals surface area contributed by atoms with Crippen molar-refractivity contribution >= 4 is 5.78 Å². The molecule has 0 aliphatic carbocycles. The Labute approximate surface area is 88.5 Å². The van der Waals surface area contributed by atoms with E-state index in [0.717, 1.165) is 19.4 Å². The number of aliphatic hydroxyl groups excluding tert-OH is 1. The lowest BCUT2D eigenvalue weighted by atomic mass is 10.1. The van der Waals surface area contributed by atoms with Crippen LogP contribution < -0.4 is 0 Å². The highest BCUT2D eigenvalue weighted by Gasteiger charge is 2.20. The molecule has 82 valence electrons. The predicted octanol–water partition coefficient (Wildman–Crippen LogP) is 0.919. The van der Waals surface area contributed by atoms with E-state index in [1.165, 1.54) is 6.26 Å². The first-order valence-electron chi connectivity index (χ1n) is 5.23. The Morgan fingerprint density at radius 3 is 3.20 bits per heavy atom. The number of carbonyl (C=O) groups is 1. The Morgan fingerprint density at radius 2 is 2.53 bits per heavy atom. The number of hydrogen-bond donors (Lipinski definition) is 1. The van der Waals surface area contributed by atoms with E-state index in [-0.39, 0.29) is 11.9 Å². The standard InChI is InChI=1S/C11H15NO3/c13-9-3-1-5-12(7-9)8-10(14)11-4-2-6-15-11/h2,4,6,9,13H,1,3,5,7-8H2/t9-/m1/s1. The van der Waals surface area contributed by atoms with E-state index in [2.05, 4.69) is 0 Å². The molecule has 0 unspecified atom stereocenters. The van der Waals surface area contributed by atoms with Gasteiger partial charge in [-0.1, -0.05) is 0 Å². The van der Waals surface area contributed by atoms with Crippen LogP contribution in [-0.2, 0) is 0 Å². The second kappa shape index (κ2) is 4.59. The zero-order chi connectivity index (χ0) is 10.7. The zero-order valence-electron chi connectivity index (χ0n) is 8.56. The van der Waals surface area contributed by atoms with Crippen molar-refractivity contribution in [2.24, 2.45) is 0 Å². The van der Waals surface area contributed by atoms with Crippen LogP contribution in [0.1, 0.15) is 23.4 Å². The summed E-state index contributed by atoms with van der Waals surface area (Å²) < 4.78 is 5.02. The van der Waals surface area contributed by atoms with Crippen LogP contribution in [0.5, 0.6) is 0 Å². The van der Waals surface area contributed by atoms with Gasteiger partial charge >= 0.3 is 0 Å². The Morgan fingerprint density at radius 1 is 1.67 bits per heavy atom. The number of hydrogen-bond acceptors (Lipinski definition) is 4. The van der Waals surface area contributed by atoms with E-state index in [9.17, 15) is 9.90 Å². The topological polar surface area (TPSA) is 53.7 Å². The third-order valence-corrected chi connectivity index (χ3v) is 2.64. The highest BCUT2D eigenvalue weighted by Crippen LogP contribution is 2.11. The molecule has 0 bridgehead atoms. The minimum Gasteiger partial charge on any atom is -0.461 e. The molecule has 1 aliphatic heterocycles. The highest BCUT2D eigenvalue weighted by atomic mass is 16.3. The predicted molar refractivity (Wildman–Crippen MR) is 54.7 cm³/mol. The lowest BCUT2D eigenvalue weighted by Crippen LogP contribution is -2.41. The van der Waals surface area contributed by atoms with Gasteiger partial charge in [-0.3, -0.25) is 9.69 Å². The molecule has 1 aromatic rings. The Kier molecular flexibility index (Phi) is 3.18. The average molecular weight is 209 g/mol. The Balaban J connectivity index is 1.89. The molecule has 4 nitrogen and oxygen atoms in total. The lowest BCUT2D eigenvalue weighted by molar-refractivity contribution is 0.0621. The van der Waals surface area contributed by atoms with E-state index in [1.54, 1.807) is 12.1 Å². The molecule has 1 fully saturated rings. The molecule has 0 aromatic carbocycles. The van der Waals surface area contributed by atoms with Crippen LogP contribution in [0.3, 0.4) is 0 Å². The van der Waals surface area contributed by atoms with E-state index in [0.29, 0.717) is 18.8 Å². The molecule has 4 heteroatoms. The summed E-state index contributed by atoms with van der Waals surface area (Å²) in [5.74, 6) is 0.379. The molecule has 1 atom stereocenters. The summed E-state index contributed by atoms with van der Waals surface area (Å²) in [4.78, 5) is 13.6. The number of nitrogens with zero attached hydrogens (tertiary/aromatic N) is 1.